The van der Waals surface area contributed by atoms with Crippen molar-refractivity contribution in [1.82, 2.24) is 14.9 Å². The van der Waals surface area contributed by atoms with Crippen LogP contribution in [0.4, 0.5) is 0 Å². The highest BCUT2D eigenvalue weighted by molar-refractivity contribution is 7.89. The van der Waals surface area contributed by atoms with Gasteiger partial charge < -0.3 is 10.6 Å². The first-order valence-corrected chi connectivity index (χ1v) is 8.30. The number of rotatable bonds is 5. The molecule has 0 spiro atoms. The van der Waals surface area contributed by atoms with E-state index in [-0.39, 0.29) is 22.8 Å². The van der Waals surface area contributed by atoms with Crippen molar-refractivity contribution in [2.24, 2.45) is 5.92 Å². The molecule has 1 atom stereocenters. The zero-order chi connectivity index (χ0) is 15.6. The van der Waals surface area contributed by atoms with E-state index in [0.717, 1.165) is 18.7 Å². The van der Waals surface area contributed by atoms with Gasteiger partial charge in [-0.05, 0) is 24.6 Å². The molecule has 6 nitrogen and oxygen atoms in total. The lowest BCUT2D eigenvalue weighted by Crippen LogP contribution is -2.51. The fourth-order valence-corrected chi connectivity index (χ4v) is 2.93. The molecule has 0 aliphatic carbocycles. The van der Waals surface area contributed by atoms with Crippen molar-refractivity contribution in [1.29, 1.82) is 0 Å². The van der Waals surface area contributed by atoms with Gasteiger partial charge >= 0.3 is 0 Å². The Morgan fingerprint density at radius 3 is 2.29 bits per heavy atom. The molecule has 1 amide bonds. The Kier molecular flexibility index (Phi) is 4.65. The average molecular weight is 311 g/mol. The highest BCUT2D eigenvalue weighted by Gasteiger charge is 2.26. The number of hydrogen-bond donors (Lipinski definition) is 2. The minimum atomic E-state index is -3.41. The summed E-state index contributed by atoms with van der Waals surface area (Å²) in [5.41, 5.74) is 0.883. The third kappa shape index (κ3) is 3.42. The van der Waals surface area contributed by atoms with E-state index in [1.54, 1.807) is 24.3 Å². The Hall–Kier alpha value is -1.44. The van der Waals surface area contributed by atoms with Crippen molar-refractivity contribution < 1.29 is 13.2 Å². The van der Waals surface area contributed by atoms with Crippen LogP contribution in [-0.4, -0.2) is 45.8 Å². The van der Waals surface area contributed by atoms with Crippen LogP contribution in [0.5, 0.6) is 0 Å². The molecule has 116 valence electrons. The van der Waals surface area contributed by atoms with Crippen LogP contribution in [0, 0.1) is 5.92 Å². The zero-order valence-corrected chi connectivity index (χ0v) is 13.3. The van der Waals surface area contributed by atoms with Gasteiger partial charge in [-0.3, -0.25) is 4.79 Å². The van der Waals surface area contributed by atoms with Crippen molar-refractivity contribution >= 4 is 15.9 Å². The second-order valence-corrected chi connectivity index (χ2v) is 7.59. The maximum Gasteiger partial charge on any atom is 0.242 e. The standard InChI is InChI=1S/C14H21N3O3S/c1-10(16-14(18)12-8-15-9-12)11-4-6-13(7-5-11)21(19,20)17(2)3/h4-7,10,12,15H,8-9H2,1-3H3,(H,16,18). The SMILES string of the molecule is CC(NC(=O)C1CNC1)c1ccc(S(=O)(=O)N(C)C)cc1. The quantitative estimate of drug-likeness (QED) is 0.821. The zero-order valence-electron chi connectivity index (χ0n) is 12.5. The molecule has 1 heterocycles. The summed E-state index contributed by atoms with van der Waals surface area (Å²) in [7, 11) is -0.415. The monoisotopic (exact) mass is 311 g/mol. The fourth-order valence-electron chi connectivity index (χ4n) is 2.03. The van der Waals surface area contributed by atoms with Crippen molar-refractivity contribution in [3.05, 3.63) is 29.8 Å². The van der Waals surface area contributed by atoms with E-state index in [2.05, 4.69) is 10.6 Å². The van der Waals surface area contributed by atoms with Gasteiger partial charge in [0.15, 0.2) is 0 Å². The van der Waals surface area contributed by atoms with Gasteiger partial charge in [0, 0.05) is 27.2 Å². The molecule has 1 aliphatic heterocycles. The van der Waals surface area contributed by atoms with E-state index in [1.165, 1.54) is 18.4 Å². The van der Waals surface area contributed by atoms with E-state index in [9.17, 15) is 13.2 Å². The van der Waals surface area contributed by atoms with Crippen molar-refractivity contribution in [2.45, 2.75) is 17.9 Å². The van der Waals surface area contributed by atoms with Crippen LogP contribution < -0.4 is 10.6 Å². The Morgan fingerprint density at radius 1 is 1.29 bits per heavy atom. The van der Waals surface area contributed by atoms with Gasteiger partial charge in [0.2, 0.25) is 15.9 Å². The van der Waals surface area contributed by atoms with Gasteiger partial charge in [0.25, 0.3) is 0 Å². The molecule has 1 aliphatic rings. The fraction of sp³-hybridized carbons (Fsp3) is 0.500. The number of carbonyl (C=O) groups is 1. The van der Waals surface area contributed by atoms with Crippen LogP contribution in [0.1, 0.15) is 18.5 Å². The number of benzene rings is 1. The van der Waals surface area contributed by atoms with Gasteiger partial charge in [-0.2, -0.15) is 0 Å². The molecule has 7 heteroatoms. The predicted octanol–water partition coefficient (Wildman–Crippen LogP) is 0.334. The topological polar surface area (TPSA) is 78.5 Å². The van der Waals surface area contributed by atoms with Gasteiger partial charge in [0.1, 0.15) is 0 Å². The second-order valence-electron chi connectivity index (χ2n) is 5.44. The first kappa shape index (κ1) is 15.9. The molecule has 2 rings (SSSR count). The summed E-state index contributed by atoms with van der Waals surface area (Å²) < 4.78 is 25.1. The summed E-state index contributed by atoms with van der Waals surface area (Å²) >= 11 is 0. The Labute approximate surface area is 125 Å². The molecule has 21 heavy (non-hydrogen) atoms. The summed E-state index contributed by atoms with van der Waals surface area (Å²) in [6.45, 7) is 3.33. The van der Waals surface area contributed by atoms with E-state index < -0.39 is 10.0 Å². The lowest BCUT2D eigenvalue weighted by atomic mass is 10.0. The Morgan fingerprint density at radius 2 is 1.86 bits per heavy atom. The van der Waals surface area contributed by atoms with Gasteiger partial charge in [-0.25, -0.2) is 12.7 Å². The smallest absolute Gasteiger partial charge is 0.242 e. The molecule has 0 radical (unpaired) electrons. The molecule has 0 aromatic heterocycles. The van der Waals surface area contributed by atoms with Crippen molar-refractivity contribution in [3.8, 4) is 0 Å². The molecule has 0 bridgehead atoms. The van der Waals surface area contributed by atoms with Crippen LogP contribution in [0.3, 0.4) is 0 Å². The van der Waals surface area contributed by atoms with Crippen LogP contribution in [-0.2, 0) is 14.8 Å². The lowest BCUT2D eigenvalue weighted by Gasteiger charge is -2.27. The third-order valence-corrected chi connectivity index (χ3v) is 5.50. The summed E-state index contributed by atoms with van der Waals surface area (Å²) in [4.78, 5) is 12.1. The number of nitrogens with one attached hydrogen (secondary N) is 2. The average Bonchev–Trinajstić information content (AvgIpc) is 2.36. The first-order valence-electron chi connectivity index (χ1n) is 6.86. The minimum Gasteiger partial charge on any atom is -0.349 e. The summed E-state index contributed by atoms with van der Waals surface area (Å²) in [5.74, 6) is 0.0760. The summed E-state index contributed by atoms with van der Waals surface area (Å²) in [5, 5.41) is 6.00. The van der Waals surface area contributed by atoms with Gasteiger partial charge in [0.05, 0.1) is 16.9 Å². The van der Waals surface area contributed by atoms with Gasteiger partial charge in [-0.1, -0.05) is 12.1 Å². The molecule has 1 saturated heterocycles. The number of hydrogen-bond acceptors (Lipinski definition) is 4. The van der Waals surface area contributed by atoms with Crippen LogP contribution >= 0.6 is 0 Å². The molecule has 1 aromatic carbocycles. The highest BCUT2D eigenvalue weighted by atomic mass is 32.2. The van der Waals surface area contributed by atoms with Crippen LogP contribution in [0.25, 0.3) is 0 Å². The van der Waals surface area contributed by atoms with E-state index >= 15 is 0 Å². The van der Waals surface area contributed by atoms with Crippen LogP contribution in [0.2, 0.25) is 0 Å². The lowest BCUT2D eigenvalue weighted by molar-refractivity contribution is -0.127. The number of nitrogens with zero attached hydrogens (tertiary/aromatic N) is 1. The van der Waals surface area contributed by atoms with E-state index in [4.69, 9.17) is 0 Å². The Bertz CT molecular complexity index is 607. The second kappa shape index (κ2) is 6.13. The summed E-state index contributed by atoms with van der Waals surface area (Å²) in [6, 6.07) is 6.46. The minimum absolute atomic E-state index is 0.0336. The van der Waals surface area contributed by atoms with E-state index in [0.29, 0.717) is 0 Å². The van der Waals surface area contributed by atoms with E-state index in [1.807, 2.05) is 6.92 Å². The molecule has 1 unspecified atom stereocenters. The number of amides is 1. The largest absolute Gasteiger partial charge is 0.349 e. The molecule has 2 N–H and O–H groups in total. The Balaban J connectivity index is 2.06. The van der Waals surface area contributed by atoms with Crippen molar-refractivity contribution in [2.75, 3.05) is 27.2 Å². The number of sulfonamides is 1. The predicted molar refractivity (Wildman–Crippen MR) is 80.2 cm³/mol. The third-order valence-electron chi connectivity index (χ3n) is 3.67. The molecule has 1 aromatic rings. The molecule has 0 saturated carbocycles. The van der Waals surface area contributed by atoms with Crippen molar-refractivity contribution in [3.63, 3.8) is 0 Å². The highest BCUT2D eigenvalue weighted by Crippen LogP contribution is 2.18. The normalized spacial score (nSPS) is 17.3. The maximum absolute atomic E-state index is 12.0. The van der Waals surface area contributed by atoms with Crippen LogP contribution in [0.15, 0.2) is 29.2 Å². The first-order chi connectivity index (χ1) is 9.82. The summed E-state index contributed by atoms with van der Waals surface area (Å²) in [6.07, 6.45) is 0. The number of carbonyl (C=O) groups excluding carboxylic acids is 1. The molecular formula is C14H21N3O3S. The molecular weight excluding hydrogens is 290 g/mol. The van der Waals surface area contributed by atoms with Gasteiger partial charge in [-0.15, -0.1) is 0 Å². The molecule has 1 fully saturated rings. The maximum atomic E-state index is 12.0.